The number of amides is 2. The lowest BCUT2D eigenvalue weighted by molar-refractivity contribution is 0.0183. The van der Waals surface area contributed by atoms with Gasteiger partial charge in [0.25, 0.3) is 0 Å². The van der Waals surface area contributed by atoms with Gasteiger partial charge in [-0.3, -0.25) is 0 Å². The molecule has 23 heavy (non-hydrogen) atoms. The van der Waals surface area contributed by atoms with Crippen LogP contribution in [0.2, 0.25) is 5.02 Å². The van der Waals surface area contributed by atoms with Gasteiger partial charge < -0.3 is 20.1 Å². The quantitative estimate of drug-likeness (QED) is 0.887. The van der Waals surface area contributed by atoms with Gasteiger partial charge >= 0.3 is 6.03 Å². The number of halogens is 1. The van der Waals surface area contributed by atoms with Crippen molar-refractivity contribution in [2.24, 2.45) is 0 Å². The van der Waals surface area contributed by atoms with Crippen LogP contribution in [-0.4, -0.2) is 37.9 Å². The van der Waals surface area contributed by atoms with Gasteiger partial charge in [-0.05, 0) is 43.4 Å². The molecular formula is C17H23ClN2O3. The SMILES string of the molecule is O=C(NC[C@@H]1CCCCO1)N[C@@H]1CCO[C@H]1c1ccc(Cl)cc1. The largest absolute Gasteiger partial charge is 0.376 e. The zero-order chi connectivity index (χ0) is 16.1. The number of urea groups is 1. The summed E-state index contributed by atoms with van der Waals surface area (Å²) in [7, 11) is 0. The van der Waals surface area contributed by atoms with Crippen molar-refractivity contribution in [2.75, 3.05) is 19.8 Å². The van der Waals surface area contributed by atoms with Crippen LogP contribution >= 0.6 is 11.6 Å². The second-order valence-corrected chi connectivity index (χ2v) is 6.52. The maximum Gasteiger partial charge on any atom is 0.315 e. The molecule has 2 N–H and O–H groups in total. The Hall–Kier alpha value is -1.30. The molecule has 0 saturated carbocycles. The van der Waals surface area contributed by atoms with Gasteiger partial charge in [0.15, 0.2) is 0 Å². The lowest BCUT2D eigenvalue weighted by Crippen LogP contribution is -2.46. The van der Waals surface area contributed by atoms with E-state index in [0.29, 0.717) is 18.2 Å². The maximum absolute atomic E-state index is 12.1. The second-order valence-electron chi connectivity index (χ2n) is 6.08. The van der Waals surface area contributed by atoms with Gasteiger partial charge in [-0.1, -0.05) is 23.7 Å². The molecule has 2 amide bonds. The smallest absolute Gasteiger partial charge is 0.315 e. The minimum absolute atomic E-state index is 0.0246. The van der Waals surface area contributed by atoms with Gasteiger partial charge in [-0.25, -0.2) is 4.79 Å². The summed E-state index contributed by atoms with van der Waals surface area (Å²) in [5.41, 5.74) is 1.04. The highest BCUT2D eigenvalue weighted by Gasteiger charge is 2.31. The van der Waals surface area contributed by atoms with Crippen molar-refractivity contribution in [3.05, 3.63) is 34.9 Å². The average Bonchev–Trinajstić information content (AvgIpc) is 3.03. The molecule has 1 aromatic carbocycles. The Labute approximate surface area is 141 Å². The Kier molecular flexibility index (Phi) is 5.75. The first-order chi connectivity index (χ1) is 11.2. The molecule has 0 bridgehead atoms. The van der Waals surface area contributed by atoms with Crippen molar-refractivity contribution in [3.8, 4) is 0 Å². The number of hydrogen-bond acceptors (Lipinski definition) is 3. The standard InChI is InChI=1S/C17H23ClN2O3/c18-13-6-4-12(5-7-13)16-15(8-10-23-16)20-17(21)19-11-14-3-1-2-9-22-14/h4-7,14-16H,1-3,8-11H2,(H2,19,20,21)/t14-,15+,16-/m0/s1. The van der Waals surface area contributed by atoms with Gasteiger partial charge in [0.1, 0.15) is 6.10 Å². The molecule has 3 rings (SSSR count). The molecule has 1 aromatic rings. The van der Waals surface area contributed by atoms with E-state index >= 15 is 0 Å². The first-order valence-corrected chi connectivity index (χ1v) is 8.63. The van der Waals surface area contributed by atoms with Crippen molar-refractivity contribution in [2.45, 2.75) is 43.9 Å². The van der Waals surface area contributed by atoms with Crippen molar-refractivity contribution < 1.29 is 14.3 Å². The van der Waals surface area contributed by atoms with E-state index in [1.165, 1.54) is 6.42 Å². The minimum Gasteiger partial charge on any atom is -0.376 e. The summed E-state index contributed by atoms with van der Waals surface area (Å²) in [5, 5.41) is 6.62. The highest BCUT2D eigenvalue weighted by atomic mass is 35.5. The highest BCUT2D eigenvalue weighted by Crippen LogP contribution is 2.29. The third kappa shape index (κ3) is 4.59. The van der Waals surface area contributed by atoms with Crippen LogP contribution in [0.1, 0.15) is 37.4 Å². The second kappa shape index (κ2) is 7.99. The summed E-state index contributed by atoms with van der Waals surface area (Å²) in [6, 6.07) is 7.39. The Morgan fingerprint density at radius 3 is 2.70 bits per heavy atom. The number of ether oxygens (including phenoxy) is 2. The molecule has 2 aliphatic heterocycles. The number of hydrogen-bond donors (Lipinski definition) is 2. The summed E-state index contributed by atoms with van der Waals surface area (Å²) in [6.45, 7) is 2.00. The van der Waals surface area contributed by atoms with Gasteiger partial charge in [0.2, 0.25) is 0 Å². The highest BCUT2D eigenvalue weighted by molar-refractivity contribution is 6.30. The van der Waals surface area contributed by atoms with Crippen LogP contribution in [0.3, 0.4) is 0 Å². The van der Waals surface area contributed by atoms with E-state index in [1.54, 1.807) is 0 Å². The molecule has 0 aliphatic carbocycles. The van der Waals surface area contributed by atoms with E-state index in [1.807, 2.05) is 24.3 Å². The molecule has 0 aromatic heterocycles. The number of benzene rings is 1. The molecule has 2 saturated heterocycles. The minimum atomic E-state index is -0.159. The summed E-state index contributed by atoms with van der Waals surface area (Å²) < 4.78 is 11.4. The fourth-order valence-electron chi connectivity index (χ4n) is 3.11. The topological polar surface area (TPSA) is 59.6 Å². The predicted molar refractivity (Wildman–Crippen MR) is 88.7 cm³/mol. The maximum atomic E-state index is 12.1. The molecule has 0 unspecified atom stereocenters. The molecule has 6 heteroatoms. The fourth-order valence-corrected chi connectivity index (χ4v) is 3.24. The molecule has 0 spiro atoms. The van der Waals surface area contributed by atoms with Crippen molar-refractivity contribution in [1.82, 2.24) is 10.6 Å². The zero-order valence-electron chi connectivity index (χ0n) is 13.1. The Morgan fingerprint density at radius 2 is 1.96 bits per heavy atom. The lowest BCUT2D eigenvalue weighted by atomic mass is 10.0. The molecular weight excluding hydrogens is 316 g/mol. The molecule has 3 atom stereocenters. The average molecular weight is 339 g/mol. The van der Waals surface area contributed by atoms with E-state index in [9.17, 15) is 4.79 Å². The number of carbonyl (C=O) groups is 1. The van der Waals surface area contributed by atoms with Gasteiger partial charge in [-0.15, -0.1) is 0 Å². The molecule has 2 fully saturated rings. The number of nitrogens with one attached hydrogen (secondary N) is 2. The monoisotopic (exact) mass is 338 g/mol. The van der Waals surface area contributed by atoms with E-state index in [-0.39, 0.29) is 24.3 Å². The van der Waals surface area contributed by atoms with Crippen molar-refractivity contribution >= 4 is 17.6 Å². The Morgan fingerprint density at radius 1 is 1.13 bits per heavy atom. The predicted octanol–water partition coefficient (Wildman–Crippen LogP) is 3.04. The number of rotatable bonds is 4. The van der Waals surface area contributed by atoms with Crippen LogP contribution in [0.4, 0.5) is 4.79 Å². The fraction of sp³-hybridized carbons (Fsp3) is 0.588. The van der Waals surface area contributed by atoms with E-state index in [4.69, 9.17) is 21.1 Å². The van der Waals surface area contributed by atoms with Crippen LogP contribution in [-0.2, 0) is 9.47 Å². The first kappa shape index (κ1) is 16.6. The van der Waals surface area contributed by atoms with Crippen LogP contribution < -0.4 is 10.6 Å². The molecule has 2 heterocycles. The van der Waals surface area contributed by atoms with Crippen molar-refractivity contribution in [1.29, 1.82) is 0 Å². The molecule has 126 valence electrons. The first-order valence-electron chi connectivity index (χ1n) is 8.25. The van der Waals surface area contributed by atoms with Gasteiger partial charge in [0, 0.05) is 24.8 Å². The Balaban J connectivity index is 1.49. The normalized spacial score (nSPS) is 27.6. The molecule has 2 aliphatic rings. The van der Waals surface area contributed by atoms with Crippen molar-refractivity contribution in [3.63, 3.8) is 0 Å². The third-order valence-corrected chi connectivity index (χ3v) is 4.62. The van der Waals surface area contributed by atoms with E-state index < -0.39 is 0 Å². The van der Waals surface area contributed by atoms with Gasteiger partial charge in [-0.2, -0.15) is 0 Å². The van der Waals surface area contributed by atoms with Crippen LogP contribution in [0.5, 0.6) is 0 Å². The lowest BCUT2D eigenvalue weighted by Gasteiger charge is -2.24. The van der Waals surface area contributed by atoms with Crippen LogP contribution in [0, 0.1) is 0 Å². The molecule has 5 nitrogen and oxygen atoms in total. The van der Waals surface area contributed by atoms with Crippen LogP contribution in [0.25, 0.3) is 0 Å². The van der Waals surface area contributed by atoms with Gasteiger partial charge in [0.05, 0.1) is 12.1 Å². The third-order valence-electron chi connectivity index (χ3n) is 4.37. The summed E-state index contributed by atoms with van der Waals surface area (Å²) in [4.78, 5) is 12.1. The molecule has 0 radical (unpaired) electrons. The van der Waals surface area contributed by atoms with E-state index in [2.05, 4.69) is 10.6 Å². The summed E-state index contributed by atoms with van der Waals surface area (Å²) >= 11 is 5.92. The Bertz CT molecular complexity index is 517. The van der Waals surface area contributed by atoms with E-state index in [0.717, 1.165) is 31.4 Å². The summed E-state index contributed by atoms with van der Waals surface area (Å²) in [6.07, 6.45) is 4.12. The summed E-state index contributed by atoms with van der Waals surface area (Å²) in [5.74, 6) is 0. The zero-order valence-corrected chi connectivity index (χ0v) is 13.8. The van der Waals surface area contributed by atoms with Crippen LogP contribution in [0.15, 0.2) is 24.3 Å². The number of carbonyl (C=O) groups excluding carboxylic acids is 1.